The van der Waals surface area contributed by atoms with Gasteiger partial charge in [-0.15, -0.1) is 11.3 Å². The van der Waals surface area contributed by atoms with Crippen LogP contribution in [0.2, 0.25) is 5.15 Å². The molecule has 0 saturated heterocycles. The summed E-state index contributed by atoms with van der Waals surface area (Å²) in [6.07, 6.45) is 0. The summed E-state index contributed by atoms with van der Waals surface area (Å²) < 4.78 is 25.8. The quantitative estimate of drug-likeness (QED) is 0.448. The van der Waals surface area contributed by atoms with Gasteiger partial charge in [0.05, 0.1) is 17.1 Å². The van der Waals surface area contributed by atoms with Gasteiger partial charge in [0.2, 0.25) is 0 Å². The number of amides is 1. The van der Waals surface area contributed by atoms with Crippen LogP contribution in [0.5, 0.6) is 11.5 Å². The molecule has 0 bridgehead atoms. The highest BCUT2D eigenvalue weighted by atomic mass is 35.5. The van der Waals surface area contributed by atoms with Gasteiger partial charge >= 0.3 is 0 Å². The van der Waals surface area contributed by atoms with E-state index >= 15 is 0 Å². The third-order valence-electron chi connectivity index (χ3n) is 4.86. The van der Waals surface area contributed by atoms with Gasteiger partial charge in [0, 0.05) is 10.9 Å². The highest BCUT2D eigenvalue weighted by Gasteiger charge is 2.22. The Balaban J connectivity index is 1.37. The number of hydrogen-bond acceptors (Lipinski definition) is 6. The third kappa shape index (κ3) is 3.80. The molecule has 1 aliphatic rings. The van der Waals surface area contributed by atoms with E-state index in [-0.39, 0.29) is 16.5 Å². The number of fused-ring (bicyclic) bond motifs is 1. The maximum Gasteiger partial charge on any atom is 0.262 e. The fourth-order valence-electron chi connectivity index (χ4n) is 3.34. The van der Waals surface area contributed by atoms with Crippen LogP contribution >= 0.6 is 22.9 Å². The molecule has 162 valence electrons. The molecule has 3 heterocycles. The first-order valence-corrected chi connectivity index (χ1v) is 10.9. The van der Waals surface area contributed by atoms with Crippen molar-refractivity contribution in [2.24, 2.45) is 0 Å². The predicted molar refractivity (Wildman–Crippen MR) is 120 cm³/mol. The molecule has 0 radical (unpaired) electrons. The van der Waals surface area contributed by atoms with Crippen LogP contribution in [0, 0.1) is 12.7 Å². The van der Waals surface area contributed by atoms with Gasteiger partial charge in [-0.1, -0.05) is 11.6 Å². The Kier molecular flexibility index (Phi) is 5.28. The minimum absolute atomic E-state index is 0.134. The summed E-state index contributed by atoms with van der Waals surface area (Å²) in [5.41, 5.74) is 2.78. The maximum absolute atomic E-state index is 13.2. The van der Waals surface area contributed by atoms with E-state index < -0.39 is 5.91 Å². The first kappa shape index (κ1) is 20.5. The lowest BCUT2D eigenvalue weighted by atomic mass is 10.1. The Morgan fingerprint density at radius 1 is 1.16 bits per heavy atom. The zero-order valence-corrected chi connectivity index (χ0v) is 18.3. The van der Waals surface area contributed by atoms with Crippen LogP contribution in [0.4, 0.5) is 9.52 Å². The fourth-order valence-corrected chi connectivity index (χ4v) is 4.41. The Morgan fingerprint density at radius 2 is 1.91 bits per heavy atom. The number of ether oxygens (including phenoxy) is 2. The van der Waals surface area contributed by atoms with Gasteiger partial charge in [-0.25, -0.2) is 14.1 Å². The molecular formula is C22H16ClFN4O3S. The second-order valence-corrected chi connectivity index (χ2v) is 8.21. The maximum atomic E-state index is 13.2. The van der Waals surface area contributed by atoms with E-state index in [1.54, 1.807) is 6.92 Å². The first-order chi connectivity index (χ1) is 15.5. The number of anilines is 1. The summed E-state index contributed by atoms with van der Waals surface area (Å²) >= 11 is 7.73. The molecule has 10 heteroatoms. The van der Waals surface area contributed by atoms with E-state index in [1.807, 2.05) is 23.6 Å². The minimum atomic E-state index is -0.427. The summed E-state index contributed by atoms with van der Waals surface area (Å²) in [7, 11) is 0. The molecule has 2 aromatic heterocycles. The van der Waals surface area contributed by atoms with Crippen molar-refractivity contribution in [1.82, 2.24) is 14.8 Å². The normalized spacial score (nSPS) is 12.6. The number of aromatic nitrogens is 3. The lowest BCUT2D eigenvalue weighted by Crippen LogP contribution is -2.15. The van der Waals surface area contributed by atoms with Gasteiger partial charge in [-0.2, -0.15) is 5.10 Å². The van der Waals surface area contributed by atoms with Crippen molar-refractivity contribution in [1.29, 1.82) is 0 Å². The van der Waals surface area contributed by atoms with Crippen LogP contribution in [0.25, 0.3) is 16.9 Å². The van der Waals surface area contributed by atoms with Crippen molar-refractivity contribution in [3.8, 4) is 28.4 Å². The molecule has 0 spiro atoms. The standard InChI is InChI=1S/C22H16ClFN4O3S/c1-12-19(20(23)28(27-12)15-5-3-14(24)4-6-15)21(29)26-22-25-16(11-32-22)13-2-7-17-18(10-13)31-9-8-30-17/h2-7,10-11H,8-9H2,1H3,(H,25,26,29). The number of benzene rings is 2. The molecule has 4 aromatic rings. The van der Waals surface area contributed by atoms with E-state index in [9.17, 15) is 9.18 Å². The van der Waals surface area contributed by atoms with E-state index in [4.69, 9.17) is 21.1 Å². The van der Waals surface area contributed by atoms with Gasteiger partial charge in [-0.3, -0.25) is 10.1 Å². The number of carbonyl (C=O) groups excluding carboxylic acids is 1. The zero-order chi connectivity index (χ0) is 22.2. The Hall–Kier alpha value is -3.43. The molecule has 0 atom stereocenters. The molecule has 1 amide bonds. The molecule has 0 fully saturated rings. The average Bonchev–Trinajstić information content (AvgIpc) is 3.37. The molecule has 0 saturated carbocycles. The molecule has 0 unspecified atom stereocenters. The molecule has 0 aliphatic carbocycles. The third-order valence-corrected chi connectivity index (χ3v) is 5.97. The van der Waals surface area contributed by atoms with Crippen molar-refractivity contribution >= 4 is 34.0 Å². The van der Waals surface area contributed by atoms with Gasteiger partial charge in [0.15, 0.2) is 16.6 Å². The topological polar surface area (TPSA) is 78.3 Å². The number of halogens is 2. The van der Waals surface area contributed by atoms with Crippen LogP contribution < -0.4 is 14.8 Å². The van der Waals surface area contributed by atoms with Crippen molar-refractivity contribution in [2.75, 3.05) is 18.5 Å². The van der Waals surface area contributed by atoms with Crippen molar-refractivity contribution < 1.29 is 18.7 Å². The summed E-state index contributed by atoms with van der Waals surface area (Å²) in [5.74, 6) is 0.572. The number of thiazole rings is 1. The lowest BCUT2D eigenvalue weighted by Gasteiger charge is -2.18. The van der Waals surface area contributed by atoms with Gasteiger partial charge in [0.1, 0.15) is 29.7 Å². The van der Waals surface area contributed by atoms with Crippen LogP contribution in [0.1, 0.15) is 16.1 Å². The highest BCUT2D eigenvalue weighted by Crippen LogP contribution is 2.35. The largest absolute Gasteiger partial charge is 0.486 e. The predicted octanol–water partition coefficient (Wildman–Crippen LogP) is 5.12. The molecule has 2 aromatic carbocycles. The van der Waals surface area contributed by atoms with Crippen molar-refractivity contribution in [3.63, 3.8) is 0 Å². The number of nitrogens with one attached hydrogen (secondary N) is 1. The second kappa shape index (κ2) is 8.25. The number of aryl methyl sites for hydroxylation is 1. The van der Waals surface area contributed by atoms with Crippen LogP contribution in [-0.2, 0) is 0 Å². The summed E-state index contributed by atoms with van der Waals surface area (Å²) in [5, 5.41) is 9.51. The van der Waals surface area contributed by atoms with E-state index in [2.05, 4.69) is 15.4 Å². The Morgan fingerprint density at radius 3 is 2.69 bits per heavy atom. The number of nitrogens with zero attached hydrogens (tertiary/aromatic N) is 3. The molecule has 7 nitrogen and oxygen atoms in total. The number of carbonyl (C=O) groups is 1. The number of hydrogen-bond donors (Lipinski definition) is 1. The highest BCUT2D eigenvalue weighted by molar-refractivity contribution is 7.14. The fraction of sp³-hybridized carbons (Fsp3) is 0.136. The van der Waals surface area contributed by atoms with E-state index in [1.165, 1.54) is 40.3 Å². The Bertz CT molecular complexity index is 1320. The van der Waals surface area contributed by atoms with Gasteiger partial charge < -0.3 is 9.47 Å². The Labute approximate surface area is 191 Å². The van der Waals surface area contributed by atoms with E-state index in [0.29, 0.717) is 46.9 Å². The molecule has 32 heavy (non-hydrogen) atoms. The second-order valence-electron chi connectivity index (χ2n) is 6.99. The molecule has 1 aliphatic heterocycles. The molecule has 5 rings (SSSR count). The lowest BCUT2D eigenvalue weighted by molar-refractivity contribution is 0.102. The summed E-state index contributed by atoms with van der Waals surface area (Å²) in [6, 6.07) is 11.3. The smallest absolute Gasteiger partial charge is 0.262 e. The molecular weight excluding hydrogens is 455 g/mol. The van der Waals surface area contributed by atoms with Crippen molar-refractivity contribution in [3.05, 3.63) is 70.1 Å². The van der Waals surface area contributed by atoms with Crippen LogP contribution in [0.15, 0.2) is 47.8 Å². The zero-order valence-electron chi connectivity index (χ0n) is 16.8. The summed E-state index contributed by atoms with van der Waals surface area (Å²) in [6.45, 7) is 2.71. The van der Waals surface area contributed by atoms with Crippen LogP contribution in [0.3, 0.4) is 0 Å². The van der Waals surface area contributed by atoms with Gasteiger partial charge in [0.25, 0.3) is 5.91 Å². The first-order valence-electron chi connectivity index (χ1n) is 9.67. The monoisotopic (exact) mass is 470 g/mol. The summed E-state index contributed by atoms with van der Waals surface area (Å²) in [4.78, 5) is 17.4. The van der Waals surface area contributed by atoms with Crippen molar-refractivity contribution in [2.45, 2.75) is 6.92 Å². The SMILES string of the molecule is Cc1nn(-c2ccc(F)cc2)c(Cl)c1C(=O)Nc1nc(-c2ccc3c(c2)OCCO3)cs1. The average molecular weight is 471 g/mol. The van der Waals surface area contributed by atoms with Crippen LogP contribution in [-0.4, -0.2) is 33.9 Å². The van der Waals surface area contributed by atoms with Gasteiger partial charge in [-0.05, 0) is 49.4 Å². The minimum Gasteiger partial charge on any atom is -0.486 e. The van der Waals surface area contributed by atoms with E-state index in [0.717, 1.165) is 5.56 Å². The number of rotatable bonds is 4. The molecule has 1 N–H and O–H groups in total.